The maximum atomic E-state index is 12.3. The fourth-order valence-corrected chi connectivity index (χ4v) is 2.45. The lowest BCUT2D eigenvalue weighted by molar-refractivity contribution is -0.116. The number of ether oxygens (including phenoxy) is 1. The van der Waals surface area contributed by atoms with Crippen LogP contribution in [0.1, 0.15) is 31.2 Å². The van der Waals surface area contributed by atoms with Gasteiger partial charge in [0.05, 0.1) is 12.3 Å². The molecular formula is C20H22N4O3. The molecule has 0 saturated heterocycles. The number of rotatable bonds is 8. The second kappa shape index (κ2) is 8.93. The van der Waals surface area contributed by atoms with E-state index >= 15 is 0 Å². The molecule has 0 spiro atoms. The van der Waals surface area contributed by atoms with E-state index < -0.39 is 0 Å². The molecule has 2 aromatic heterocycles. The Morgan fingerprint density at radius 3 is 2.93 bits per heavy atom. The van der Waals surface area contributed by atoms with Gasteiger partial charge in [-0.2, -0.15) is 4.98 Å². The Balaban J connectivity index is 1.58. The Morgan fingerprint density at radius 1 is 1.26 bits per heavy atom. The van der Waals surface area contributed by atoms with Crippen LogP contribution in [0.25, 0.3) is 11.5 Å². The van der Waals surface area contributed by atoms with Gasteiger partial charge in [-0.3, -0.25) is 9.78 Å². The van der Waals surface area contributed by atoms with Gasteiger partial charge in [-0.05, 0) is 43.2 Å². The van der Waals surface area contributed by atoms with Crippen LogP contribution < -0.4 is 10.1 Å². The third-order valence-corrected chi connectivity index (χ3v) is 3.80. The number of nitrogens with one attached hydrogen (secondary N) is 1. The molecule has 2 heterocycles. The zero-order valence-corrected chi connectivity index (χ0v) is 15.4. The Bertz CT molecular complexity index is 893. The quantitative estimate of drug-likeness (QED) is 0.652. The Labute approximate surface area is 157 Å². The van der Waals surface area contributed by atoms with E-state index in [1.807, 2.05) is 44.2 Å². The summed E-state index contributed by atoms with van der Waals surface area (Å²) in [5, 5.41) is 6.79. The van der Waals surface area contributed by atoms with Crippen molar-refractivity contribution in [3.8, 4) is 17.3 Å². The van der Waals surface area contributed by atoms with Gasteiger partial charge in [0, 0.05) is 19.0 Å². The lowest BCUT2D eigenvalue weighted by atomic mass is 10.2. The number of hydrogen-bond acceptors (Lipinski definition) is 6. The molecule has 0 saturated carbocycles. The summed E-state index contributed by atoms with van der Waals surface area (Å²) < 4.78 is 10.9. The monoisotopic (exact) mass is 366 g/mol. The molecule has 1 amide bonds. The van der Waals surface area contributed by atoms with Gasteiger partial charge >= 0.3 is 0 Å². The van der Waals surface area contributed by atoms with Crippen LogP contribution in [0.2, 0.25) is 0 Å². The highest BCUT2D eigenvalue weighted by molar-refractivity contribution is 5.92. The van der Waals surface area contributed by atoms with Crippen molar-refractivity contribution in [2.24, 2.45) is 0 Å². The molecule has 0 aliphatic rings. The standard InChI is InChI=1S/C20H22N4O3/c1-3-12-26-17-13-14(2)7-8-15(17)22-18(25)9-10-19-23-20(24-27-19)16-6-4-5-11-21-16/h4-8,11,13H,3,9-10,12H2,1-2H3,(H,22,25). The van der Waals surface area contributed by atoms with Crippen molar-refractivity contribution in [1.82, 2.24) is 15.1 Å². The van der Waals surface area contributed by atoms with Gasteiger partial charge in [-0.25, -0.2) is 0 Å². The number of amides is 1. The molecule has 0 fully saturated rings. The minimum absolute atomic E-state index is 0.141. The van der Waals surface area contributed by atoms with Crippen molar-refractivity contribution in [2.75, 3.05) is 11.9 Å². The maximum Gasteiger partial charge on any atom is 0.227 e. The Kier molecular flexibility index (Phi) is 6.14. The zero-order valence-electron chi connectivity index (χ0n) is 15.4. The predicted octanol–water partition coefficient (Wildman–Crippen LogP) is 3.80. The van der Waals surface area contributed by atoms with E-state index in [2.05, 4.69) is 20.4 Å². The molecule has 0 unspecified atom stereocenters. The lowest BCUT2D eigenvalue weighted by Crippen LogP contribution is -2.13. The fourth-order valence-electron chi connectivity index (χ4n) is 2.45. The molecule has 0 aliphatic heterocycles. The number of carbonyl (C=O) groups excluding carboxylic acids is 1. The molecule has 140 valence electrons. The first-order chi connectivity index (χ1) is 13.2. The van der Waals surface area contributed by atoms with Crippen LogP contribution in [0, 0.1) is 6.92 Å². The summed E-state index contributed by atoms with van der Waals surface area (Å²) in [6.07, 6.45) is 3.14. The average Bonchev–Trinajstić information content (AvgIpc) is 3.16. The van der Waals surface area contributed by atoms with Crippen LogP contribution in [0.3, 0.4) is 0 Å². The van der Waals surface area contributed by atoms with Crippen molar-refractivity contribution in [2.45, 2.75) is 33.1 Å². The minimum Gasteiger partial charge on any atom is -0.491 e. The van der Waals surface area contributed by atoms with E-state index in [-0.39, 0.29) is 12.3 Å². The van der Waals surface area contributed by atoms with Gasteiger partial charge in [0.25, 0.3) is 0 Å². The number of carbonyl (C=O) groups is 1. The second-order valence-corrected chi connectivity index (χ2v) is 6.12. The first kappa shape index (κ1) is 18.6. The predicted molar refractivity (Wildman–Crippen MR) is 101 cm³/mol. The van der Waals surface area contributed by atoms with Crippen molar-refractivity contribution < 1.29 is 14.1 Å². The summed E-state index contributed by atoms with van der Waals surface area (Å²) in [6, 6.07) is 11.2. The van der Waals surface area contributed by atoms with Gasteiger partial charge in [-0.15, -0.1) is 0 Å². The van der Waals surface area contributed by atoms with Gasteiger partial charge in [-0.1, -0.05) is 24.2 Å². The number of pyridine rings is 1. The smallest absolute Gasteiger partial charge is 0.227 e. The summed E-state index contributed by atoms with van der Waals surface area (Å²) in [6.45, 7) is 4.63. The first-order valence-electron chi connectivity index (χ1n) is 8.93. The van der Waals surface area contributed by atoms with Gasteiger partial charge in [0.2, 0.25) is 17.6 Å². The Morgan fingerprint density at radius 2 is 2.15 bits per heavy atom. The lowest BCUT2D eigenvalue weighted by Gasteiger charge is -2.12. The largest absolute Gasteiger partial charge is 0.491 e. The molecule has 27 heavy (non-hydrogen) atoms. The third kappa shape index (κ3) is 5.13. The number of nitrogens with zero attached hydrogens (tertiary/aromatic N) is 3. The number of hydrogen-bond donors (Lipinski definition) is 1. The van der Waals surface area contributed by atoms with Gasteiger partial charge in [0.1, 0.15) is 11.4 Å². The van der Waals surface area contributed by atoms with E-state index in [0.717, 1.165) is 12.0 Å². The molecule has 7 nitrogen and oxygen atoms in total. The molecule has 3 aromatic rings. The fraction of sp³-hybridized carbons (Fsp3) is 0.300. The van der Waals surface area contributed by atoms with Crippen LogP contribution in [-0.4, -0.2) is 27.6 Å². The van der Waals surface area contributed by atoms with Crippen LogP contribution in [0.4, 0.5) is 5.69 Å². The average molecular weight is 366 g/mol. The van der Waals surface area contributed by atoms with E-state index in [1.165, 1.54) is 0 Å². The summed E-state index contributed by atoms with van der Waals surface area (Å²) in [4.78, 5) is 20.8. The molecular weight excluding hydrogens is 344 g/mol. The van der Waals surface area contributed by atoms with Crippen molar-refractivity contribution >= 4 is 11.6 Å². The number of aryl methyl sites for hydroxylation is 2. The Hall–Kier alpha value is -3.22. The molecule has 1 N–H and O–H groups in total. The highest BCUT2D eigenvalue weighted by Crippen LogP contribution is 2.26. The van der Waals surface area contributed by atoms with Crippen molar-refractivity contribution in [3.05, 3.63) is 54.0 Å². The minimum atomic E-state index is -0.141. The summed E-state index contributed by atoms with van der Waals surface area (Å²) >= 11 is 0. The molecule has 3 rings (SSSR count). The third-order valence-electron chi connectivity index (χ3n) is 3.80. The maximum absolute atomic E-state index is 12.3. The number of anilines is 1. The van der Waals surface area contributed by atoms with Crippen molar-refractivity contribution in [1.29, 1.82) is 0 Å². The van der Waals surface area contributed by atoms with E-state index in [1.54, 1.807) is 12.3 Å². The highest BCUT2D eigenvalue weighted by atomic mass is 16.5. The van der Waals surface area contributed by atoms with Crippen LogP contribution in [0.5, 0.6) is 5.75 Å². The van der Waals surface area contributed by atoms with E-state index in [0.29, 0.717) is 41.9 Å². The molecule has 1 aromatic carbocycles. The summed E-state index contributed by atoms with van der Waals surface area (Å²) in [5.74, 6) is 1.36. The zero-order chi connectivity index (χ0) is 19.1. The van der Waals surface area contributed by atoms with Crippen LogP contribution in [-0.2, 0) is 11.2 Å². The SMILES string of the molecule is CCCOc1cc(C)ccc1NC(=O)CCc1nc(-c2ccccn2)no1. The molecule has 0 radical (unpaired) electrons. The molecule has 0 aliphatic carbocycles. The normalized spacial score (nSPS) is 10.6. The number of benzene rings is 1. The summed E-state index contributed by atoms with van der Waals surface area (Å²) in [5.41, 5.74) is 2.38. The van der Waals surface area contributed by atoms with Gasteiger partial charge < -0.3 is 14.6 Å². The van der Waals surface area contributed by atoms with E-state index in [9.17, 15) is 4.79 Å². The molecule has 7 heteroatoms. The second-order valence-electron chi connectivity index (χ2n) is 6.12. The van der Waals surface area contributed by atoms with Crippen LogP contribution >= 0.6 is 0 Å². The van der Waals surface area contributed by atoms with E-state index in [4.69, 9.17) is 9.26 Å². The first-order valence-corrected chi connectivity index (χ1v) is 8.93. The van der Waals surface area contributed by atoms with Crippen LogP contribution in [0.15, 0.2) is 47.1 Å². The number of aromatic nitrogens is 3. The molecule has 0 atom stereocenters. The highest BCUT2D eigenvalue weighted by Gasteiger charge is 2.13. The topological polar surface area (TPSA) is 90.1 Å². The molecule has 0 bridgehead atoms. The van der Waals surface area contributed by atoms with Crippen molar-refractivity contribution in [3.63, 3.8) is 0 Å². The summed E-state index contributed by atoms with van der Waals surface area (Å²) in [7, 11) is 0. The van der Waals surface area contributed by atoms with Gasteiger partial charge in [0.15, 0.2) is 0 Å².